The normalized spacial score (nSPS) is 12.4. The first kappa shape index (κ1) is 14.0. The SMILES string of the molecule is Fc1cccc(CC(Br)c2cccc(Br)c2Cl)c1. The van der Waals surface area contributed by atoms with Crippen LogP contribution in [0.25, 0.3) is 0 Å². The molecule has 4 heteroatoms. The molecule has 0 saturated carbocycles. The monoisotopic (exact) mass is 390 g/mol. The Morgan fingerprint density at radius 1 is 1.17 bits per heavy atom. The minimum Gasteiger partial charge on any atom is -0.207 e. The summed E-state index contributed by atoms with van der Waals surface area (Å²) < 4.78 is 14.0. The topological polar surface area (TPSA) is 0 Å². The first-order valence-electron chi connectivity index (χ1n) is 5.40. The second-order valence-electron chi connectivity index (χ2n) is 3.94. The van der Waals surface area contributed by atoms with Crippen LogP contribution in [0, 0.1) is 5.82 Å². The average Bonchev–Trinajstić information content (AvgIpc) is 2.32. The van der Waals surface area contributed by atoms with Crippen molar-refractivity contribution < 1.29 is 4.39 Å². The van der Waals surface area contributed by atoms with E-state index in [-0.39, 0.29) is 10.6 Å². The van der Waals surface area contributed by atoms with Crippen LogP contribution in [-0.4, -0.2) is 0 Å². The van der Waals surface area contributed by atoms with Crippen molar-refractivity contribution in [2.24, 2.45) is 0 Å². The van der Waals surface area contributed by atoms with Crippen LogP contribution < -0.4 is 0 Å². The quantitative estimate of drug-likeness (QED) is 0.569. The van der Waals surface area contributed by atoms with Gasteiger partial charge in [0, 0.05) is 9.30 Å². The zero-order chi connectivity index (χ0) is 13.1. The number of benzene rings is 2. The van der Waals surface area contributed by atoms with E-state index >= 15 is 0 Å². The van der Waals surface area contributed by atoms with E-state index in [9.17, 15) is 4.39 Å². The predicted molar refractivity (Wildman–Crippen MR) is 80.9 cm³/mol. The van der Waals surface area contributed by atoms with Gasteiger partial charge in [-0.05, 0) is 51.7 Å². The molecule has 0 N–H and O–H groups in total. The fraction of sp³-hybridized carbons (Fsp3) is 0.143. The van der Waals surface area contributed by atoms with Crippen molar-refractivity contribution in [1.82, 2.24) is 0 Å². The molecule has 0 amide bonds. The Balaban J connectivity index is 2.22. The standard InChI is InChI=1S/C14H10Br2ClF/c15-12-6-2-5-11(14(12)17)13(16)8-9-3-1-4-10(18)7-9/h1-7,13H,8H2. The summed E-state index contributed by atoms with van der Waals surface area (Å²) in [7, 11) is 0. The van der Waals surface area contributed by atoms with Gasteiger partial charge in [-0.3, -0.25) is 0 Å². The van der Waals surface area contributed by atoms with Crippen LogP contribution in [0.4, 0.5) is 4.39 Å². The van der Waals surface area contributed by atoms with Gasteiger partial charge in [0.15, 0.2) is 0 Å². The third-order valence-corrected chi connectivity index (χ3v) is 4.75. The first-order chi connectivity index (χ1) is 8.58. The van der Waals surface area contributed by atoms with Crippen LogP contribution in [0.1, 0.15) is 16.0 Å². The number of hydrogen-bond donors (Lipinski definition) is 0. The summed E-state index contributed by atoms with van der Waals surface area (Å²) in [6.45, 7) is 0. The molecule has 2 rings (SSSR count). The number of alkyl halides is 1. The van der Waals surface area contributed by atoms with E-state index in [0.29, 0.717) is 11.4 Å². The van der Waals surface area contributed by atoms with Gasteiger partial charge in [0.1, 0.15) is 5.82 Å². The Labute approximate surface area is 127 Å². The smallest absolute Gasteiger partial charge is 0.123 e. The highest BCUT2D eigenvalue weighted by atomic mass is 79.9. The Bertz CT molecular complexity index is 557. The molecule has 2 aromatic carbocycles. The Hall–Kier alpha value is -0.380. The highest BCUT2D eigenvalue weighted by molar-refractivity contribution is 9.10. The molecule has 0 fully saturated rings. The van der Waals surface area contributed by atoms with Gasteiger partial charge in [-0.2, -0.15) is 0 Å². The second-order valence-corrected chi connectivity index (χ2v) is 6.28. The van der Waals surface area contributed by atoms with Gasteiger partial charge in [0.2, 0.25) is 0 Å². The largest absolute Gasteiger partial charge is 0.207 e. The van der Waals surface area contributed by atoms with E-state index in [4.69, 9.17) is 11.6 Å². The number of hydrogen-bond acceptors (Lipinski definition) is 0. The molecular weight excluding hydrogens is 382 g/mol. The summed E-state index contributed by atoms with van der Waals surface area (Å²) in [5.74, 6) is -0.215. The summed E-state index contributed by atoms with van der Waals surface area (Å²) in [5.41, 5.74) is 1.93. The van der Waals surface area contributed by atoms with E-state index in [2.05, 4.69) is 31.9 Å². The van der Waals surface area contributed by atoms with E-state index in [1.54, 1.807) is 12.1 Å². The lowest BCUT2D eigenvalue weighted by Gasteiger charge is -2.13. The van der Waals surface area contributed by atoms with Crippen LogP contribution in [-0.2, 0) is 6.42 Å². The highest BCUT2D eigenvalue weighted by Gasteiger charge is 2.14. The summed E-state index contributed by atoms with van der Waals surface area (Å²) in [6, 6.07) is 12.4. The molecule has 1 unspecified atom stereocenters. The van der Waals surface area contributed by atoms with Crippen LogP contribution in [0.2, 0.25) is 5.02 Å². The molecule has 0 aliphatic rings. The van der Waals surface area contributed by atoms with Crippen molar-refractivity contribution in [1.29, 1.82) is 0 Å². The maximum atomic E-state index is 13.1. The lowest BCUT2D eigenvalue weighted by atomic mass is 10.0. The number of halogens is 4. The predicted octanol–water partition coefficient (Wildman–Crippen LogP) is 5.92. The van der Waals surface area contributed by atoms with Crippen LogP contribution in [0.15, 0.2) is 46.9 Å². The minimum atomic E-state index is -0.215. The molecule has 0 heterocycles. The summed E-state index contributed by atoms with van der Waals surface area (Å²) >= 11 is 13.2. The van der Waals surface area contributed by atoms with E-state index < -0.39 is 0 Å². The van der Waals surface area contributed by atoms with Crippen molar-refractivity contribution in [3.05, 3.63) is 68.9 Å². The average molecular weight is 392 g/mol. The Morgan fingerprint density at radius 3 is 2.61 bits per heavy atom. The third kappa shape index (κ3) is 3.34. The lowest BCUT2D eigenvalue weighted by molar-refractivity contribution is 0.625. The summed E-state index contributed by atoms with van der Waals surface area (Å²) in [4.78, 5) is 0.0595. The molecule has 2 aromatic rings. The summed E-state index contributed by atoms with van der Waals surface area (Å²) in [5, 5.41) is 0.691. The van der Waals surface area contributed by atoms with Crippen molar-refractivity contribution in [3.8, 4) is 0 Å². The zero-order valence-electron chi connectivity index (χ0n) is 9.34. The Kier molecular flexibility index (Phi) is 4.82. The van der Waals surface area contributed by atoms with Gasteiger partial charge >= 0.3 is 0 Å². The fourth-order valence-electron chi connectivity index (χ4n) is 1.74. The van der Waals surface area contributed by atoms with Crippen LogP contribution >= 0.6 is 43.5 Å². The second kappa shape index (κ2) is 6.18. The number of rotatable bonds is 3. The molecule has 0 bridgehead atoms. The van der Waals surface area contributed by atoms with Gasteiger partial charge in [-0.25, -0.2) is 4.39 Å². The van der Waals surface area contributed by atoms with Gasteiger partial charge < -0.3 is 0 Å². The van der Waals surface area contributed by atoms with Gasteiger partial charge in [-0.15, -0.1) is 0 Å². The van der Waals surface area contributed by atoms with Gasteiger partial charge in [0.25, 0.3) is 0 Å². The maximum Gasteiger partial charge on any atom is 0.123 e. The molecule has 0 nitrogen and oxygen atoms in total. The molecular formula is C14H10Br2ClF. The van der Waals surface area contributed by atoms with Gasteiger partial charge in [0.05, 0.1) is 5.02 Å². The summed E-state index contributed by atoms with van der Waals surface area (Å²) in [6.07, 6.45) is 0.688. The van der Waals surface area contributed by atoms with Crippen LogP contribution in [0.3, 0.4) is 0 Å². The van der Waals surface area contributed by atoms with Crippen LogP contribution in [0.5, 0.6) is 0 Å². The van der Waals surface area contributed by atoms with E-state index in [0.717, 1.165) is 15.6 Å². The molecule has 0 radical (unpaired) electrons. The fourth-order valence-corrected chi connectivity index (χ4v) is 3.27. The minimum absolute atomic E-state index is 0.0595. The van der Waals surface area contributed by atoms with Crippen molar-refractivity contribution in [3.63, 3.8) is 0 Å². The lowest BCUT2D eigenvalue weighted by Crippen LogP contribution is -1.97. The maximum absolute atomic E-state index is 13.1. The molecule has 0 saturated heterocycles. The van der Waals surface area contributed by atoms with Crippen molar-refractivity contribution in [2.75, 3.05) is 0 Å². The molecule has 0 spiro atoms. The zero-order valence-corrected chi connectivity index (χ0v) is 13.3. The molecule has 18 heavy (non-hydrogen) atoms. The molecule has 0 aromatic heterocycles. The molecule has 1 atom stereocenters. The first-order valence-corrected chi connectivity index (χ1v) is 7.49. The van der Waals surface area contributed by atoms with Gasteiger partial charge in [-0.1, -0.05) is 51.8 Å². The van der Waals surface area contributed by atoms with E-state index in [1.807, 2.05) is 24.3 Å². The Morgan fingerprint density at radius 2 is 1.89 bits per heavy atom. The van der Waals surface area contributed by atoms with Crippen molar-refractivity contribution >= 4 is 43.5 Å². The third-order valence-electron chi connectivity index (χ3n) is 2.62. The van der Waals surface area contributed by atoms with Crippen molar-refractivity contribution in [2.45, 2.75) is 11.2 Å². The molecule has 0 aliphatic carbocycles. The van der Waals surface area contributed by atoms with E-state index in [1.165, 1.54) is 6.07 Å². The highest BCUT2D eigenvalue weighted by Crippen LogP contribution is 2.36. The molecule has 94 valence electrons. The molecule has 0 aliphatic heterocycles.